The molecule has 9 heteroatoms. The van der Waals surface area contributed by atoms with E-state index in [0.29, 0.717) is 17.4 Å². The van der Waals surface area contributed by atoms with Crippen molar-refractivity contribution < 1.29 is 32.9 Å². The summed E-state index contributed by atoms with van der Waals surface area (Å²) in [6, 6.07) is -0.851. The molecule has 3 N–H and O–H groups in total. The maximum Gasteiger partial charge on any atom is 0.472 e. The highest BCUT2D eigenvalue weighted by atomic mass is 31.2. The first-order chi connectivity index (χ1) is 27.5. The van der Waals surface area contributed by atoms with Gasteiger partial charge in [-0.05, 0) is 64.2 Å². The molecule has 0 saturated heterocycles. The number of unbranched alkanes of at least 4 members (excludes halogenated alkanes) is 17. The molecule has 3 unspecified atom stereocenters. The molecular weight excluding hydrogens is 732 g/mol. The molecule has 0 saturated carbocycles. The summed E-state index contributed by atoms with van der Waals surface area (Å²) in [6.45, 7) is 4.65. The van der Waals surface area contributed by atoms with Gasteiger partial charge in [-0.15, -0.1) is 0 Å². The van der Waals surface area contributed by atoms with E-state index in [-0.39, 0.29) is 19.1 Å². The van der Waals surface area contributed by atoms with E-state index < -0.39 is 20.0 Å². The van der Waals surface area contributed by atoms with Crippen molar-refractivity contribution in [2.24, 2.45) is 0 Å². The first-order valence-corrected chi connectivity index (χ1v) is 24.3. The Kier molecular flexibility index (Phi) is 38.0. The normalized spacial score (nSPS) is 15.0. The molecule has 0 aliphatic carbocycles. The van der Waals surface area contributed by atoms with Crippen LogP contribution in [-0.2, 0) is 18.4 Å². The third kappa shape index (κ3) is 41.9. The highest BCUT2D eigenvalue weighted by Gasteiger charge is 2.27. The lowest BCUT2D eigenvalue weighted by atomic mass is 10.0. The van der Waals surface area contributed by atoms with Crippen LogP contribution < -0.4 is 5.32 Å². The van der Waals surface area contributed by atoms with E-state index in [2.05, 4.69) is 79.9 Å². The highest BCUT2D eigenvalue weighted by Crippen LogP contribution is 2.43. The molecule has 0 aromatic carbocycles. The SMILES string of the molecule is CC/C=C\C/C=C\C/C=C\C/C=C\C/C=C\CCCCCCCCCCCC(=O)NC(COP(=O)(O)OCC[N+](C)(C)C)C(O)/C=C/CCCCCCCCCC. The van der Waals surface area contributed by atoms with Crippen molar-refractivity contribution in [3.8, 4) is 0 Å². The van der Waals surface area contributed by atoms with Crippen LogP contribution in [0.5, 0.6) is 0 Å². The summed E-state index contributed by atoms with van der Waals surface area (Å²) < 4.78 is 23.5. The number of quaternary nitrogens is 1. The van der Waals surface area contributed by atoms with Crippen LogP contribution in [0.3, 0.4) is 0 Å². The van der Waals surface area contributed by atoms with Gasteiger partial charge in [0.05, 0.1) is 39.9 Å². The number of hydrogen-bond acceptors (Lipinski definition) is 5. The lowest BCUT2D eigenvalue weighted by molar-refractivity contribution is -0.870. The molecule has 0 aliphatic rings. The number of phosphoric ester groups is 1. The van der Waals surface area contributed by atoms with Gasteiger partial charge in [0.2, 0.25) is 5.91 Å². The second-order valence-corrected chi connectivity index (χ2v) is 17.9. The molecule has 0 aliphatic heterocycles. The minimum Gasteiger partial charge on any atom is -0.387 e. The predicted octanol–water partition coefficient (Wildman–Crippen LogP) is 12.8. The third-order valence-corrected chi connectivity index (χ3v) is 10.7. The summed E-state index contributed by atoms with van der Waals surface area (Å²) in [6.07, 6.45) is 52.6. The van der Waals surface area contributed by atoms with Crippen LogP contribution in [0.15, 0.2) is 72.9 Å². The van der Waals surface area contributed by atoms with Crippen molar-refractivity contribution in [3.63, 3.8) is 0 Å². The fourth-order valence-electron chi connectivity index (χ4n) is 6.07. The number of aliphatic hydroxyl groups excluding tert-OH is 1. The van der Waals surface area contributed by atoms with Crippen LogP contribution in [0.2, 0.25) is 0 Å². The minimum absolute atomic E-state index is 0.0567. The zero-order chi connectivity index (χ0) is 42.1. The van der Waals surface area contributed by atoms with Gasteiger partial charge >= 0.3 is 7.82 Å². The summed E-state index contributed by atoms with van der Waals surface area (Å²) in [5.74, 6) is -0.189. The van der Waals surface area contributed by atoms with Crippen molar-refractivity contribution in [2.75, 3.05) is 40.9 Å². The molecule has 0 fully saturated rings. The Bertz CT molecular complexity index is 1160. The van der Waals surface area contributed by atoms with Gasteiger partial charge in [-0.3, -0.25) is 13.8 Å². The smallest absolute Gasteiger partial charge is 0.387 e. The quantitative estimate of drug-likeness (QED) is 0.0246. The molecule has 57 heavy (non-hydrogen) atoms. The van der Waals surface area contributed by atoms with Crippen LogP contribution in [0.1, 0.15) is 174 Å². The number of aliphatic hydroxyl groups is 1. The Morgan fingerprint density at radius 2 is 1.05 bits per heavy atom. The number of carbonyl (C=O) groups excluding carboxylic acids is 1. The van der Waals surface area contributed by atoms with Gasteiger partial charge in [-0.1, -0.05) is 177 Å². The van der Waals surface area contributed by atoms with Gasteiger partial charge in [-0.25, -0.2) is 4.57 Å². The maximum atomic E-state index is 12.9. The molecule has 0 aromatic rings. The molecule has 330 valence electrons. The molecule has 0 rings (SSSR count). The Hall–Kier alpha value is -2.06. The van der Waals surface area contributed by atoms with Crippen molar-refractivity contribution in [1.82, 2.24) is 5.32 Å². The van der Waals surface area contributed by atoms with Gasteiger partial charge in [0.25, 0.3) is 0 Å². The maximum absolute atomic E-state index is 12.9. The molecule has 0 radical (unpaired) electrons. The van der Waals surface area contributed by atoms with Gasteiger partial charge in [-0.2, -0.15) is 0 Å². The van der Waals surface area contributed by atoms with E-state index in [4.69, 9.17) is 9.05 Å². The number of rotatable bonds is 40. The molecule has 1 amide bonds. The van der Waals surface area contributed by atoms with Crippen LogP contribution >= 0.6 is 7.82 Å². The number of allylic oxidation sites excluding steroid dienone is 11. The van der Waals surface area contributed by atoms with Crippen molar-refractivity contribution in [3.05, 3.63) is 72.9 Å². The largest absolute Gasteiger partial charge is 0.472 e. The summed E-state index contributed by atoms with van der Waals surface area (Å²) in [5.41, 5.74) is 0. The van der Waals surface area contributed by atoms with E-state index in [1.807, 2.05) is 27.2 Å². The fourth-order valence-corrected chi connectivity index (χ4v) is 6.80. The monoisotopic (exact) mass is 820 g/mol. The van der Waals surface area contributed by atoms with Crippen molar-refractivity contribution in [2.45, 2.75) is 187 Å². The average molecular weight is 820 g/mol. The van der Waals surface area contributed by atoms with E-state index >= 15 is 0 Å². The van der Waals surface area contributed by atoms with E-state index in [0.717, 1.165) is 77.0 Å². The topological polar surface area (TPSA) is 105 Å². The second kappa shape index (κ2) is 39.4. The number of phosphoric acid groups is 1. The Balaban J connectivity index is 4.27. The van der Waals surface area contributed by atoms with Crippen LogP contribution in [-0.4, -0.2) is 73.4 Å². The van der Waals surface area contributed by atoms with Gasteiger partial charge in [0.1, 0.15) is 13.2 Å². The second-order valence-electron chi connectivity index (χ2n) is 16.4. The predicted molar refractivity (Wildman–Crippen MR) is 244 cm³/mol. The number of amides is 1. The number of carbonyl (C=O) groups is 1. The third-order valence-electron chi connectivity index (χ3n) is 9.68. The van der Waals surface area contributed by atoms with Crippen LogP contribution in [0.4, 0.5) is 0 Å². The number of nitrogens with zero attached hydrogens (tertiary/aromatic N) is 1. The molecule has 0 spiro atoms. The average Bonchev–Trinajstić information content (AvgIpc) is 3.16. The summed E-state index contributed by atoms with van der Waals surface area (Å²) >= 11 is 0. The lowest BCUT2D eigenvalue weighted by Crippen LogP contribution is -2.45. The van der Waals surface area contributed by atoms with Crippen LogP contribution in [0, 0.1) is 0 Å². The van der Waals surface area contributed by atoms with E-state index in [9.17, 15) is 19.4 Å². The van der Waals surface area contributed by atoms with E-state index in [1.54, 1.807) is 6.08 Å². The molecule has 0 heterocycles. The lowest BCUT2D eigenvalue weighted by Gasteiger charge is -2.25. The van der Waals surface area contributed by atoms with Crippen LogP contribution in [0.25, 0.3) is 0 Å². The molecular formula is C48H88N2O6P+. The summed E-state index contributed by atoms with van der Waals surface area (Å²) in [5, 5.41) is 13.8. The Morgan fingerprint density at radius 3 is 1.54 bits per heavy atom. The minimum atomic E-state index is -4.34. The van der Waals surface area contributed by atoms with Gasteiger partial charge in [0.15, 0.2) is 0 Å². The summed E-state index contributed by atoms with van der Waals surface area (Å²) in [7, 11) is 1.55. The van der Waals surface area contributed by atoms with Crippen molar-refractivity contribution in [1.29, 1.82) is 0 Å². The molecule has 0 bridgehead atoms. The zero-order valence-electron chi connectivity index (χ0n) is 37.3. The number of hydrogen-bond donors (Lipinski definition) is 3. The first kappa shape index (κ1) is 54.9. The van der Waals surface area contributed by atoms with Crippen molar-refractivity contribution >= 4 is 13.7 Å². The highest BCUT2D eigenvalue weighted by molar-refractivity contribution is 7.47. The fraction of sp³-hybridized carbons (Fsp3) is 0.729. The summed E-state index contributed by atoms with van der Waals surface area (Å²) in [4.78, 5) is 23.1. The molecule has 0 aromatic heterocycles. The Morgan fingerprint density at radius 1 is 0.614 bits per heavy atom. The van der Waals surface area contributed by atoms with Gasteiger partial charge < -0.3 is 19.8 Å². The first-order valence-electron chi connectivity index (χ1n) is 22.8. The van der Waals surface area contributed by atoms with Gasteiger partial charge in [0, 0.05) is 6.42 Å². The number of likely N-dealkylation sites (N-methyl/N-ethyl adjacent to an activating group) is 1. The Labute approximate surface area is 351 Å². The number of nitrogens with one attached hydrogen (secondary N) is 1. The molecule has 8 nitrogen and oxygen atoms in total. The van der Waals surface area contributed by atoms with E-state index in [1.165, 1.54) is 77.0 Å². The standard InChI is InChI=1S/C48H87N2O6P/c1-6-8-10-12-14-16-18-19-20-21-22-23-24-25-26-27-28-29-30-31-32-34-36-38-40-42-48(52)49-46(45-56-57(53,54)55-44-43-50(3,4)5)47(51)41-39-37-35-33-17-15-13-11-9-7-2/h8,10,14,16,19-20,22-23,25-26,39,41,46-47,51H,6-7,9,11-13,15,17-18,21,24,27-38,40,42-45H2,1-5H3,(H-,49,52,53,54)/p+1/b10-8-,16-14-,20-19-,23-22-,26-25-,41-39+. The zero-order valence-corrected chi connectivity index (χ0v) is 38.2. The molecule has 3 atom stereocenters.